The Kier molecular flexibility index (Phi) is 10.9. The maximum absolute atomic E-state index is 12.9. The van der Waals surface area contributed by atoms with Crippen LogP contribution in [0.1, 0.15) is 55.9 Å². The highest BCUT2D eigenvalue weighted by molar-refractivity contribution is 6.74. The van der Waals surface area contributed by atoms with E-state index in [1.165, 1.54) is 22.3 Å². The fraction of sp³-hybridized carbons (Fsp3) is 0.441. The molecule has 9 heteroatoms. The molecule has 0 saturated heterocycles. The van der Waals surface area contributed by atoms with Gasteiger partial charge in [0.25, 0.3) is 0 Å². The summed E-state index contributed by atoms with van der Waals surface area (Å²) in [6.07, 6.45) is -0.318. The molecule has 232 valence electrons. The van der Waals surface area contributed by atoms with Gasteiger partial charge in [-0.15, -0.1) is 0 Å². The van der Waals surface area contributed by atoms with E-state index in [2.05, 4.69) is 63.4 Å². The number of carbonyl (C=O) groups excluding carboxylic acids is 1. The van der Waals surface area contributed by atoms with E-state index in [1.54, 1.807) is 14.2 Å². The Morgan fingerprint density at radius 2 is 1.47 bits per heavy atom. The number of ether oxygens (including phenoxy) is 5. The number of nitrogens with one attached hydrogen (secondary N) is 1. The molecule has 3 aromatic carbocycles. The highest BCUT2D eigenvalue weighted by Gasteiger charge is 2.40. The summed E-state index contributed by atoms with van der Waals surface area (Å²) in [5.74, 6) is 1.07. The number of alkyl carbamates (subject to hydrolysis) is 1. The van der Waals surface area contributed by atoms with E-state index in [1.807, 2.05) is 42.5 Å². The van der Waals surface area contributed by atoms with Crippen LogP contribution in [0.2, 0.25) is 18.1 Å². The topological polar surface area (TPSA) is 84.5 Å². The van der Waals surface area contributed by atoms with Crippen molar-refractivity contribution in [2.24, 2.45) is 0 Å². The van der Waals surface area contributed by atoms with Gasteiger partial charge in [-0.25, -0.2) is 4.79 Å². The maximum Gasteiger partial charge on any atom is 0.407 e. The van der Waals surface area contributed by atoms with Crippen molar-refractivity contribution in [1.29, 1.82) is 0 Å². The molecule has 0 radical (unpaired) electrons. The van der Waals surface area contributed by atoms with Crippen LogP contribution < -0.4 is 14.8 Å². The van der Waals surface area contributed by atoms with E-state index in [0.717, 1.165) is 5.56 Å². The first kappa shape index (κ1) is 32.5. The van der Waals surface area contributed by atoms with Gasteiger partial charge in [-0.05, 0) is 52.9 Å². The standard InChI is InChI=1S/C34H45NO7Si/c1-34(2,3)43(6,7)42-30(28-17-12-18-31(40-22-37-4)32(28)41-23-38-5)19-20-35-33(36)39-21-29-26-15-10-8-13-24(26)25-14-9-11-16-27(25)29/h8-18,29-30H,19-23H2,1-7H3,(H,35,36). The molecule has 0 aromatic heterocycles. The molecule has 0 spiro atoms. The van der Waals surface area contributed by atoms with Gasteiger partial charge >= 0.3 is 6.09 Å². The maximum atomic E-state index is 12.9. The van der Waals surface area contributed by atoms with E-state index in [9.17, 15) is 4.79 Å². The summed E-state index contributed by atoms with van der Waals surface area (Å²) < 4.78 is 34.8. The molecule has 1 atom stereocenters. The minimum atomic E-state index is -2.22. The Labute approximate surface area is 256 Å². The first-order valence-corrected chi connectivity index (χ1v) is 17.6. The third kappa shape index (κ3) is 7.78. The van der Waals surface area contributed by atoms with Crippen molar-refractivity contribution in [3.05, 3.63) is 83.4 Å². The number of para-hydroxylation sites is 1. The van der Waals surface area contributed by atoms with Crippen LogP contribution in [-0.4, -0.2) is 55.4 Å². The SMILES string of the molecule is COCOc1cccc(C(CCNC(=O)OCC2c3ccccc3-c3ccccc32)O[Si](C)(C)C(C)(C)C)c1OCOC. The largest absolute Gasteiger partial charge is 0.464 e. The number of carbonyl (C=O) groups is 1. The van der Waals surface area contributed by atoms with Gasteiger partial charge in [0, 0.05) is 32.2 Å². The summed E-state index contributed by atoms with van der Waals surface area (Å²) in [5.41, 5.74) is 5.57. The smallest absolute Gasteiger partial charge is 0.407 e. The molecule has 0 fully saturated rings. The van der Waals surface area contributed by atoms with Crippen molar-refractivity contribution >= 4 is 14.4 Å². The first-order valence-electron chi connectivity index (χ1n) is 14.7. The lowest BCUT2D eigenvalue weighted by Crippen LogP contribution is -2.42. The zero-order valence-corrected chi connectivity index (χ0v) is 27.4. The molecular weight excluding hydrogens is 562 g/mol. The van der Waals surface area contributed by atoms with Gasteiger partial charge in [-0.3, -0.25) is 0 Å². The van der Waals surface area contributed by atoms with Crippen LogP contribution in [0.25, 0.3) is 11.1 Å². The number of hydrogen-bond donors (Lipinski definition) is 1. The number of amides is 1. The quantitative estimate of drug-likeness (QED) is 0.149. The molecule has 1 aliphatic carbocycles. The third-order valence-corrected chi connectivity index (χ3v) is 12.8. The fourth-order valence-electron chi connectivity index (χ4n) is 5.06. The van der Waals surface area contributed by atoms with E-state index in [4.69, 9.17) is 28.1 Å². The average Bonchev–Trinajstić information content (AvgIpc) is 3.30. The molecule has 0 saturated carbocycles. The van der Waals surface area contributed by atoms with Gasteiger partial charge in [0.2, 0.25) is 0 Å². The van der Waals surface area contributed by atoms with Gasteiger partial charge in [-0.2, -0.15) is 0 Å². The summed E-state index contributed by atoms with van der Waals surface area (Å²) >= 11 is 0. The highest BCUT2D eigenvalue weighted by Crippen LogP contribution is 2.45. The van der Waals surface area contributed by atoms with Crippen molar-refractivity contribution < 1.29 is 32.9 Å². The zero-order valence-electron chi connectivity index (χ0n) is 26.4. The van der Waals surface area contributed by atoms with Crippen molar-refractivity contribution in [2.45, 2.75) is 57.3 Å². The monoisotopic (exact) mass is 607 g/mol. The van der Waals surface area contributed by atoms with Gasteiger partial charge in [0.15, 0.2) is 33.4 Å². The second-order valence-corrected chi connectivity index (χ2v) is 16.9. The van der Waals surface area contributed by atoms with E-state index in [0.29, 0.717) is 24.5 Å². The Balaban J connectivity index is 1.47. The van der Waals surface area contributed by atoms with E-state index >= 15 is 0 Å². The molecule has 0 bridgehead atoms. The number of rotatable bonds is 14. The molecule has 8 nitrogen and oxygen atoms in total. The van der Waals surface area contributed by atoms with Crippen LogP contribution in [0, 0.1) is 0 Å². The number of hydrogen-bond acceptors (Lipinski definition) is 7. The molecule has 1 N–H and O–H groups in total. The molecule has 1 aliphatic rings. The van der Waals surface area contributed by atoms with Gasteiger partial charge in [0.1, 0.15) is 6.61 Å². The van der Waals surface area contributed by atoms with Crippen LogP contribution in [0.3, 0.4) is 0 Å². The van der Waals surface area contributed by atoms with E-state index < -0.39 is 14.4 Å². The van der Waals surface area contributed by atoms with Crippen LogP contribution in [-0.2, 0) is 18.6 Å². The highest BCUT2D eigenvalue weighted by atomic mass is 28.4. The third-order valence-electron chi connectivity index (χ3n) is 8.27. The predicted octanol–water partition coefficient (Wildman–Crippen LogP) is 7.64. The number of benzene rings is 3. The lowest BCUT2D eigenvalue weighted by Gasteiger charge is -2.39. The second-order valence-electron chi connectivity index (χ2n) is 12.2. The summed E-state index contributed by atoms with van der Waals surface area (Å²) in [4.78, 5) is 12.9. The molecular formula is C34H45NO7Si. The van der Waals surface area contributed by atoms with Crippen molar-refractivity contribution in [3.8, 4) is 22.6 Å². The molecule has 1 amide bonds. The van der Waals surface area contributed by atoms with Crippen molar-refractivity contribution in [3.63, 3.8) is 0 Å². The minimum Gasteiger partial charge on any atom is -0.464 e. The number of methoxy groups -OCH3 is 2. The van der Waals surface area contributed by atoms with Crippen LogP contribution in [0.15, 0.2) is 66.7 Å². The van der Waals surface area contributed by atoms with Crippen LogP contribution in [0.5, 0.6) is 11.5 Å². The average molecular weight is 608 g/mol. The zero-order chi connectivity index (χ0) is 31.0. The molecule has 3 aromatic rings. The summed E-state index contributed by atoms with van der Waals surface area (Å²) in [6, 6.07) is 22.3. The Bertz CT molecular complexity index is 1330. The van der Waals surface area contributed by atoms with Crippen molar-refractivity contribution in [1.82, 2.24) is 5.32 Å². The second kappa shape index (κ2) is 14.4. The normalized spacial score (nSPS) is 13.7. The Morgan fingerprint density at radius 1 is 0.860 bits per heavy atom. The minimum absolute atomic E-state index is 0.00292. The lowest BCUT2D eigenvalue weighted by atomic mass is 9.98. The molecule has 0 aliphatic heterocycles. The fourth-order valence-corrected chi connectivity index (χ4v) is 6.37. The van der Waals surface area contributed by atoms with Gasteiger partial charge < -0.3 is 33.4 Å². The summed E-state index contributed by atoms with van der Waals surface area (Å²) in [5, 5.41) is 2.92. The Morgan fingerprint density at radius 3 is 2.07 bits per heavy atom. The van der Waals surface area contributed by atoms with Gasteiger partial charge in [0.05, 0.1) is 6.10 Å². The van der Waals surface area contributed by atoms with E-state index in [-0.39, 0.29) is 37.3 Å². The van der Waals surface area contributed by atoms with Gasteiger partial charge in [-0.1, -0.05) is 81.4 Å². The van der Waals surface area contributed by atoms with Crippen molar-refractivity contribution in [2.75, 3.05) is 41.0 Å². The lowest BCUT2D eigenvalue weighted by molar-refractivity contribution is 0.0300. The summed E-state index contributed by atoms with van der Waals surface area (Å²) in [6.45, 7) is 11.7. The molecule has 43 heavy (non-hydrogen) atoms. The Hall–Kier alpha value is -3.37. The molecule has 1 unspecified atom stereocenters. The summed E-state index contributed by atoms with van der Waals surface area (Å²) in [7, 11) is 0.915. The predicted molar refractivity (Wildman–Crippen MR) is 170 cm³/mol. The first-order chi connectivity index (χ1) is 20.6. The van der Waals surface area contributed by atoms with Crippen LogP contribution >= 0.6 is 0 Å². The number of fused-ring (bicyclic) bond motifs is 3. The molecule has 4 rings (SSSR count). The molecule has 0 heterocycles. The van der Waals surface area contributed by atoms with Crippen LogP contribution in [0.4, 0.5) is 4.79 Å².